The molecule has 0 bridgehead atoms. The fraction of sp³-hybridized carbons (Fsp3) is 0.0385. The van der Waals surface area contributed by atoms with Crippen molar-refractivity contribution in [3.63, 3.8) is 0 Å². The summed E-state index contributed by atoms with van der Waals surface area (Å²) < 4.78 is 3.62. The number of para-hydroxylation sites is 3. The van der Waals surface area contributed by atoms with E-state index in [1.165, 1.54) is 41.3 Å². The van der Waals surface area contributed by atoms with Crippen LogP contribution in [0.4, 0.5) is 0 Å². The summed E-state index contributed by atoms with van der Waals surface area (Å²) in [6.07, 6.45) is 0. The molecular weight excluding hydrogens is 499 g/mol. The number of aromatic nitrogens is 2. The van der Waals surface area contributed by atoms with Crippen molar-refractivity contribution in [3.05, 3.63) is 117 Å². The average Bonchev–Trinajstić information content (AvgIpc) is 3.29. The highest BCUT2D eigenvalue weighted by Gasteiger charge is 2.52. The molecule has 30 heavy (non-hydrogen) atoms. The molecule has 0 aliphatic carbocycles. The van der Waals surface area contributed by atoms with Gasteiger partial charge >= 0.3 is 0 Å². The van der Waals surface area contributed by atoms with Crippen LogP contribution in [0.15, 0.2) is 101 Å². The average molecular weight is 514 g/mol. The van der Waals surface area contributed by atoms with E-state index < -0.39 is 5.41 Å². The lowest BCUT2D eigenvalue weighted by Gasteiger charge is -2.37. The summed E-state index contributed by atoms with van der Waals surface area (Å²) in [5, 5.41) is 0. The summed E-state index contributed by atoms with van der Waals surface area (Å²) in [4.78, 5) is 7.88. The van der Waals surface area contributed by atoms with Crippen molar-refractivity contribution in [2.24, 2.45) is 0 Å². The van der Waals surface area contributed by atoms with Gasteiger partial charge in [0.15, 0.2) is 0 Å². The minimum Gasteiger partial charge on any atom is -0.295 e. The SMILES string of the molecule is Ic1ccc2c(c1)C1(c3ccccc3S2)c2ccccc2-n2c1nc1ccccc12. The van der Waals surface area contributed by atoms with Crippen molar-refractivity contribution in [2.75, 3.05) is 0 Å². The van der Waals surface area contributed by atoms with Crippen LogP contribution in [0.25, 0.3) is 16.7 Å². The number of benzene rings is 4. The van der Waals surface area contributed by atoms with Crippen molar-refractivity contribution >= 4 is 45.4 Å². The molecule has 4 heteroatoms. The van der Waals surface area contributed by atoms with Crippen LogP contribution in [0.5, 0.6) is 0 Å². The molecule has 0 saturated carbocycles. The topological polar surface area (TPSA) is 17.8 Å². The van der Waals surface area contributed by atoms with Gasteiger partial charge in [0.1, 0.15) is 11.2 Å². The van der Waals surface area contributed by atoms with Crippen molar-refractivity contribution in [3.8, 4) is 5.69 Å². The number of fused-ring (bicyclic) bond motifs is 11. The van der Waals surface area contributed by atoms with Gasteiger partial charge in [0.05, 0.1) is 16.7 Å². The van der Waals surface area contributed by atoms with Gasteiger partial charge in [-0.15, -0.1) is 0 Å². The first-order chi connectivity index (χ1) is 14.8. The Kier molecular flexibility index (Phi) is 3.42. The van der Waals surface area contributed by atoms with E-state index >= 15 is 0 Å². The molecule has 0 fully saturated rings. The summed E-state index contributed by atoms with van der Waals surface area (Å²) >= 11 is 4.30. The number of hydrogen-bond acceptors (Lipinski definition) is 2. The lowest BCUT2D eigenvalue weighted by Crippen LogP contribution is -2.33. The predicted octanol–water partition coefficient (Wildman–Crippen LogP) is 6.79. The normalized spacial score (nSPS) is 18.2. The molecule has 0 amide bonds. The summed E-state index contributed by atoms with van der Waals surface area (Å²) in [6.45, 7) is 0. The Balaban J connectivity index is 1.75. The molecule has 1 unspecified atom stereocenters. The minimum absolute atomic E-state index is 0.409. The van der Waals surface area contributed by atoms with Gasteiger partial charge in [0.25, 0.3) is 0 Å². The zero-order valence-corrected chi connectivity index (χ0v) is 18.8. The lowest BCUT2D eigenvalue weighted by atomic mass is 9.69. The Morgan fingerprint density at radius 3 is 2.40 bits per heavy atom. The van der Waals surface area contributed by atoms with E-state index in [1.807, 2.05) is 11.8 Å². The molecule has 0 N–H and O–H groups in total. The van der Waals surface area contributed by atoms with E-state index in [9.17, 15) is 0 Å². The second-order valence-corrected chi connectivity index (χ2v) is 10.1. The molecule has 5 aromatic rings. The number of halogens is 1. The highest BCUT2D eigenvalue weighted by molar-refractivity contribution is 14.1. The smallest absolute Gasteiger partial charge is 0.134 e. The van der Waals surface area contributed by atoms with Gasteiger partial charge in [-0.05, 0) is 81.7 Å². The second-order valence-electron chi connectivity index (χ2n) is 7.77. The Hall–Kier alpha value is -2.57. The third kappa shape index (κ3) is 1.99. The van der Waals surface area contributed by atoms with E-state index in [4.69, 9.17) is 4.98 Å². The van der Waals surface area contributed by atoms with Crippen LogP contribution in [-0.4, -0.2) is 9.55 Å². The summed E-state index contributed by atoms with van der Waals surface area (Å²) in [6, 6.07) is 33.0. The standard InChI is InChI=1S/C26H15IN2S/c27-16-13-14-24-19(15-16)26(18-8-2-6-12-23(18)30-24)17-7-1-4-10-21(17)29-22-11-5-3-9-20(22)28-25(26)29/h1-15H. The van der Waals surface area contributed by atoms with Gasteiger partial charge < -0.3 is 0 Å². The van der Waals surface area contributed by atoms with E-state index in [-0.39, 0.29) is 0 Å². The molecule has 142 valence electrons. The Bertz CT molecular complexity index is 1500. The van der Waals surface area contributed by atoms with E-state index in [1.54, 1.807) is 0 Å². The fourth-order valence-corrected chi connectivity index (χ4v) is 6.84. The highest BCUT2D eigenvalue weighted by atomic mass is 127. The molecule has 3 heterocycles. The van der Waals surface area contributed by atoms with Crippen LogP contribution in [0.3, 0.4) is 0 Å². The number of imidazole rings is 1. The molecule has 4 aromatic carbocycles. The monoisotopic (exact) mass is 514 g/mol. The molecule has 2 nitrogen and oxygen atoms in total. The highest BCUT2D eigenvalue weighted by Crippen LogP contribution is 2.59. The van der Waals surface area contributed by atoms with Gasteiger partial charge in [-0.25, -0.2) is 4.98 Å². The third-order valence-corrected chi connectivity index (χ3v) is 8.12. The molecule has 0 saturated heterocycles. The van der Waals surface area contributed by atoms with Gasteiger partial charge in [-0.3, -0.25) is 4.57 Å². The number of hydrogen-bond donors (Lipinski definition) is 0. The minimum atomic E-state index is -0.409. The van der Waals surface area contributed by atoms with E-state index in [2.05, 4.69) is 118 Å². The molecule has 7 rings (SSSR count). The molecular formula is C26H15IN2S. The maximum atomic E-state index is 5.26. The largest absolute Gasteiger partial charge is 0.295 e. The predicted molar refractivity (Wildman–Crippen MR) is 130 cm³/mol. The summed E-state index contributed by atoms with van der Waals surface area (Å²) in [5.41, 5.74) is 7.00. The molecule has 1 spiro atoms. The van der Waals surface area contributed by atoms with Crippen LogP contribution >= 0.6 is 34.4 Å². The molecule has 1 atom stereocenters. The third-order valence-electron chi connectivity index (χ3n) is 6.30. The van der Waals surface area contributed by atoms with Crippen molar-refractivity contribution in [1.29, 1.82) is 0 Å². The first kappa shape index (κ1) is 17.1. The van der Waals surface area contributed by atoms with Crippen molar-refractivity contribution < 1.29 is 0 Å². The van der Waals surface area contributed by atoms with Crippen LogP contribution < -0.4 is 0 Å². The van der Waals surface area contributed by atoms with Gasteiger partial charge in [-0.2, -0.15) is 0 Å². The summed E-state index contributed by atoms with van der Waals surface area (Å²) in [5.74, 6) is 1.10. The second kappa shape index (κ2) is 5.99. The first-order valence-corrected chi connectivity index (χ1v) is 11.8. The van der Waals surface area contributed by atoms with Crippen LogP contribution in [-0.2, 0) is 5.41 Å². The Labute approximate surface area is 192 Å². The molecule has 2 aliphatic heterocycles. The van der Waals surface area contributed by atoms with E-state index in [0.717, 1.165) is 11.3 Å². The molecule has 0 radical (unpaired) electrons. The summed E-state index contributed by atoms with van der Waals surface area (Å²) in [7, 11) is 0. The van der Waals surface area contributed by atoms with Gasteiger partial charge in [0, 0.05) is 13.4 Å². The number of rotatable bonds is 0. The van der Waals surface area contributed by atoms with Gasteiger partial charge in [0.2, 0.25) is 0 Å². The van der Waals surface area contributed by atoms with Crippen molar-refractivity contribution in [2.45, 2.75) is 15.2 Å². The zero-order valence-electron chi connectivity index (χ0n) is 15.8. The first-order valence-electron chi connectivity index (χ1n) is 9.94. The zero-order chi connectivity index (χ0) is 19.9. The lowest BCUT2D eigenvalue weighted by molar-refractivity contribution is 0.680. The number of nitrogens with zero attached hydrogens (tertiary/aromatic N) is 2. The van der Waals surface area contributed by atoms with Crippen molar-refractivity contribution in [1.82, 2.24) is 9.55 Å². The maximum absolute atomic E-state index is 5.26. The van der Waals surface area contributed by atoms with E-state index in [0.29, 0.717) is 0 Å². The Morgan fingerprint density at radius 1 is 0.733 bits per heavy atom. The molecule has 1 aromatic heterocycles. The maximum Gasteiger partial charge on any atom is 0.134 e. The Morgan fingerprint density at radius 2 is 1.47 bits per heavy atom. The van der Waals surface area contributed by atoms with Crippen LogP contribution in [0.2, 0.25) is 0 Å². The van der Waals surface area contributed by atoms with Crippen LogP contribution in [0.1, 0.15) is 22.5 Å². The van der Waals surface area contributed by atoms with Crippen LogP contribution in [0, 0.1) is 3.57 Å². The fourth-order valence-electron chi connectivity index (χ4n) is 5.17. The quantitative estimate of drug-likeness (QED) is 0.208. The van der Waals surface area contributed by atoms with Gasteiger partial charge in [-0.1, -0.05) is 60.3 Å². The molecule has 2 aliphatic rings.